The molecule has 0 aromatic heterocycles. The van der Waals surface area contributed by atoms with E-state index in [1.807, 2.05) is 0 Å². The predicted octanol–water partition coefficient (Wildman–Crippen LogP) is 5.23. The third-order valence-corrected chi connectivity index (χ3v) is 3.97. The quantitative estimate of drug-likeness (QED) is 0.530. The summed E-state index contributed by atoms with van der Waals surface area (Å²) >= 11 is 0.299. The third kappa shape index (κ3) is 5.95. The average molecular weight is 404 g/mol. The number of nitrogens with one attached hydrogen (secondary N) is 2. The molecule has 10 heteroatoms. The normalized spacial score (nSPS) is 11.4. The SMILES string of the molecule is CC(=O)Nc1ccc(C(F)(F)F)cc1NC(=O)c1ccc(SC(F)F)cc1. The van der Waals surface area contributed by atoms with Gasteiger partial charge in [-0.2, -0.15) is 22.0 Å². The Balaban J connectivity index is 2.27. The highest BCUT2D eigenvalue weighted by atomic mass is 32.2. The van der Waals surface area contributed by atoms with E-state index in [-0.39, 0.29) is 21.8 Å². The van der Waals surface area contributed by atoms with Crippen molar-refractivity contribution in [1.29, 1.82) is 0 Å². The monoisotopic (exact) mass is 404 g/mol. The summed E-state index contributed by atoms with van der Waals surface area (Å²) < 4.78 is 63.3. The summed E-state index contributed by atoms with van der Waals surface area (Å²) in [6.07, 6.45) is -4.64. The fourth-order valence-electron chi connectivity index (χ4n) is 2.10. The molecule has 0 aliphatic carbocycles. The van der Waals surface area contributed by atoms with Crippen LogP contribution in [-0.4, -0.2) is 17.6 Å². The van der Waals surface area contributed by atoms with Crippen LogP contribution in [0.15, 0.2) is 47.4 Å². The van der Waals surface area contributed by atoms with E-state index >= 15 is 0 Å². The Morgan fingerprint density at radius 1 is 0.963 bits per heavy atom. The standard InChI is InChI=1S/C17H13F5N2O2S/c1-9(25)23-13-7-4-11(17(20,21)22)8-14(13)24-15(26)10-2-5-12(6-3-10)27-16(18)19/h2-8,16H,1H3,(H,23,25)(H,24,26). The van der Waals surface area contributed by atoms with Crippen LogP contribution in [0.2, 0.25) is 0 Å². The number of hydrogen-bond donors (Lipinski definition) is 2. The molecular formula is C17H13F5N2O2S. The molecule has 144 valence electrons. The third-order valence-electron chi connectivity index (χ3n) is 3.25. The van der Waals surface area contributed by atoms with E-state index in [2.05, 4.69) is 10.6 Å². The first-order valence-corrected chi connectivity index (χ1v) is 8.29. The van der Waals surface area contributed by atoms with Crippen molar-refractivity contribution in [2.45, 2.75) is 23.8 Å². The molecule has 0 saturated heterocycles. The maximum atomic E-state index is 12.9. The molecule has 0 radical (unpaired) electrons. The van der Waals surface area contributed by atoms with Gasteiger partial charge in [-0.05, 0) is 42.5 Å². The maximum absolute atomic E-state index is 12.9. The molecular weight excluding hydrogens is 391 g/mol. The topological polar surface area (TPSA) is 58.2 Å². The molecule has 2 N–H and O–H groups in total. The van der Waals surface area contributed by atoms with Crippen molar-refractivity contribution in [2.75, 3.05) is 10.6 Å². The maximum Gasteiger partial charge on any atom is 0.416 e. The molecule has 0 heterocycles. The lowest BCUT2D eigenvalue weighted by Crippen LogP contribution is -2.16. The lowest BCUT2D eigenvalue weighted by molar-refractivity contribution is -0.137. The molecule has 2 amide bonds. The van der Waals surface area contributed by atoms with E-state index < -0.39 is 29.3 Å². The summed E-state index contributed by atoms with van der Waals surface area (Å²) in [5.74, 6) is -3.90. The minimum absolute atomic E-state index is 0.00581. The Hall–Kier alpha value is -2.62. The highest BCUT2D eigenvalue weighted by molar-refractivity contribution is 7.99. The van der Waals surface area contributed by atoms with Crippen LogP contribution in [0.1, 0.15) is 22.8 Å². The highest BCUT2D eigenvalue weighted by Gasteiger charge is 2.31. The fraction of sp³-hybridized carbons (Fsp3) is 0.176. The molecule has 0 bridgehead atoms. The van der Waals surface area contributed by atoms with E-state index in [1.165, 1.54) is 31.2 Å². The molecule has 2 aromatic carbocycles. The summed E-state index contributed by atoms with van der Waals surface area (Å²) in [4.78, 5) is 23.7. The average Bonchev–Trinajstić information content (AvgIpc) is 2.55. The molecule has 0 aliphatic heterocycles. The summed E-state index contributed by atoms with van der Waals surface area (Å²) in [5.41, 5.74) is -1.19. The molecule has 0 spiro atoms. The lowest BCUT2D eigenvalue weighted by atomic mass is 10.1. The number of benzene rings is 2. The molecule has 0 fully saturated rings. The summed E-state index contributed by atoms with van der Waals surface area (Å²) in [6, 6.07) is 7.64. The first kappa shape index (κ1) is 20.7. The lowest BCUT2D eigenvalue weighted by Gasteiger charge is -2.15. The summed E-state index contributed by atoms with van der Waals surface area (Å²) in [6.45, 7) is 1.17. The smallest absolute Gasteiger partial charge is 0.325 e. The van der Waals surface area contributed by atoms with Gasteiger partial charge in [0.05, 0.1) is 16.9 Å². The van der Waals surface area contributed by atoms with E-state index in [0.717, 1.165) is 12.1 Å². The largest absolute Gasteiger partial charge is 0.416 e. The number of halogens is 5. The van der Waals surface area contributed by atoms with Gasteiger partial charge in [0, 0.05) is 17.4 Å². The Morgan fingerprint density at radius 2 is 1.59 bits per heavy atom. The number of amides is 2. The van der Waals surface area contributed by atoms with Crippen molar-refractivity contribution in [2.24, 2.45) is 0 Å². The number of alkyl halides is 5. The Kier molecular flexibility index (Phi) is 6.42. The highest BCUT2D eigenvalue weighted by Crippen LogP contribution is 2.34. The fourth-order valence-corrected chi connectivity index (χ4v) is 2.60. The first-order chi connectivity index (χ1) is 12.6. The Bertz CT molecular complexity index is 838. The zero-order valence-corrected chi connectivity index (χ0v) is 14.5. The van der Waals surface area contributed by atoms with Crippen molar-refractivity contribution in [3.8, 4) is 0 Å². The second-order valence-corrected chi connectivity index (χ2v) is 6.36. The minimum atomic E-state index is -4.64. The first-order valence-electron chi connectivity index (χ1n) is 7.41. The molecule has 0 saturated carbocycles. The van der Waals surface area contributed by atoms with Crippen LogP contribution in [0.4, 0.5) is 33.3 Å². The van der Waals surface area contributed by atoms with Gasteiger partial charge in [0.25, 0.3) is 11.7 Å². The molecule has 4 nitrogen and oxygen atoms in total. The van der Waals surface area contributed by atoms with E-state index in [0.29, 0.717) is 17.8 Å². The Labute approximate surface area is 155 Å². The van der Waals surface area contributed by atoms with Gasteiger partial charge >= 0.3 is 6.18 Å². The summed E-state index contributed by atoms with van der Waals surface area (Å²) in [7, 11) is 0. The van der Waals surface area contributed by atoms with Gasteiger partial charge in [-0.1, -0.05) is 11.8 Å². The number of hydrogen-bond acceptors (Lipinski definition) is 3. The molecule has 0 aliphatic rings. The number of thioether (sulfide) groups is 1. The van der Waals surface area contributed by atoms with Crippen LogP contribution in [0.5, 0.6) is 0 Å². The van der Waals surface area contributed by atoms with Gasteiger partial charge in [0.2, 0.25) is 5.91 Å². The van der Waals surface area contributed by atoms with Crippen LogP contribution >= 0.6 is 11.8 Å². The Morgan fingerprint density at radius 3 is 2.11 bits per heavy atom. The van der Waals surface area contributed by atoms with Crippen molar-refractivity contribution in [1.82, 2.24) is 0 Å². The van der Waals surface area contributed by atoms with Crippen LogP contribution in [0, 0.1) is 0 Å². The van der Waals surface area contributed by atoms with Crippen molar-refractivity contribution >= 4 is 35.0 Å². The van der Waals surface area contributed by atoms with E-state index in [9.17, 15) is 31.5 Å². The molecule has 0 unspecified atom stereocenters. The van der Waals surface area contributed by atoms with Crippen LogP contribution < -0.4 is 10.6 Å². The molecule has 27 heavy (non-hydrogen) atoms. The van der Waals surface area contributed by atoms with E-state index in [1.54, 1.807) is 0 Å². The van der Waals surface area contributed by atoms with Gasteiger partial charge in [0.15, 0.2) is 0 Å². The number of anilines is 2. The van der Waals surface area contributed by atoms with Crippen LogP contribution in [-0.2, 0) is 11.0 Å². The number of carbonyl (C=O) groups is 2. The zero-order chi connectivity index (χ0) is 20.2. The minimum Gasteiger partial charge on any atom is -0.325 e. The van der Waals surface area contributed by atoms with Crippen molar-refractivity contribution < 1.29 is 31.5 Å². The number of rotatable bonds is 5. The second kappa shape index (κ2) is 8.38. The summed E-state index contributed by atoms with van der Waals surface area (Å²) in [5, 5.41) is 4.63. The van der Waals surface area contributed by atoms with Crippen molar-refractivity contribution in [3.63, 3.8) is 0 Å². The number of carbonyl (C=O) groups excluding carboxylic acids is 2. The zero-order valence-electron chi connectivity index (χ0n) is 13.7. The van der Waals surface area contributed by atoms with Gasteiger partial charge < -0.3 is 10.6 Å². The van der Waals surface area contributed by atoms with Crippen molar-refractivity contribution in [3.05, 3.63) is 53.6 Å². The molecule has 0 atom stereocenters. The van der Waals surface area contributed by atoms with Crippen LogP contribution in [0.25, 0.3) is 0 Å². The van der Waals surface area contributed by atoms with Gasteiger partial charge in [-0.25, -0.2) is 0 Å². The molecule has 2 rings (SSSR count). The van der Waals surface area contributed by atoms with Gasteiger partial charge in [-0.15, -0.1) is 0 Å². The van der Waals surface area contributed by atoms with Gasteiger partial charge in [0.1, 0.15) is 0 Å². The molecule has 2 aromatic rings. The second-order valence-electron chi connectivity index (χ2n) is 5.30. The van der Waals surface area contributed by atoms with Crippen LogP contribution in [0.3, 0.4) is 0 Å². The van der Waals surface area contributed by atoms with E-state index in [4.69, 9.17) is 0 Å². The predicted molar refractivity (Wildman–Crippen MR) is 92.0 cm³/mol. The van der Waals surface area contributed by atoms with Gasteiger partial charge in [-0.3, -0.25) is 9.59 Å².